The second kappa shape index (κ2) is 7.02. The molecule has 0 bridgehead atoms. The minimum absolute atomic E-state index is 0.185. The Kier molecular flexibility index (Phi) is 5.09. The van der Waals surface area contributed by atoms with Crippen LogP contribution in [-0.2, 0) is 4.74 Å². The van der Waals surface area contributed by atoms with E-state index >= 15 is 0 Å². The normalized spacial score (nSPS) is 10.3. The number of nitrogens with zero attached hydrogens (tertiary/aromatic N) is 1. The molecule has 5 nitrogen and oxygen atoms in total. The van der Waals surface area contributed by atoms with Crippen LogP contribution in [0.15, 0.2) is 29.6 Å². The van der Waals surface area contributed by atoms with Gasteiger partial charge in [-0.25, -0.2) is 4.98 Å². The van der Waals surface area contributed by atoms with Crippen LogP contribution in [-0.4, -0.2) is 31.2 Å². The SMILES string of the molecule is COCCNC(=O)c1csc(Nc2ccc(C)cc2)n1. The zero-order valence-corrected chi connectivity index (χ0v) is 12.3. The van der Waals surface area contributed by atoms with Crippen LogP contribution in [0.3, 0.4) is 0 Å². The van der Waals surface area contributed by atoms with Crippen molar-refractivity contribution >= 4 is 28.1 Å². The van der Waals surface area contributed by atoms with Gasteiger partial charge < -0.3 is 15.4 Å². The van der Waals surface area contributed by atoms with Crippen molar-refractivity contribution in [3.05, 3.63) is 40.9 Å². The van der Waals surface area contributed by atoms with Gasteiger partial charge in [-0.15, -0.1) is 11.3 Å². The Labute approximate surface area is 122 Å². The maximum Gasteiger partial charge on any atom is 0.270 e. The van der Waals surface area contributed by atoms with Crippen LogP contribution in [0, 0.1) is 6.92 Å². The first-order chi connectivity index (χ1) is 9.69. The maximum absolute atomic E-state index is 11.8. The van der Waals surface area contributed by atoms with Crippen LogP contribution < -0.4 is 10.6 Å². The summed E-state index contributed by atoms with van der Waals surface area (Å²) >= 11 is 1.40. The topological polar surface area (TPSA) is 63.2 Å². The van der Waals surface area contributed by atoms with Gasteiger partial charge in [0.25, 0.3) is 5.91 Å². The molecule has 0 unspecified atom stereocenters. The van der Waals surface area contributed by atoms with Crippen LogP contribution in [0.25, 0.3) is 0 Å². The first kappa shape index (κ1) is 14.5. The van der Waals surface area contributed by atoms with E-state index in [0.29, 0.717) is 24.0 Å². The monoisotopic (exact) mass is 291 g/mol. The van der Waals surface area contributed by atoms with E-state index in [-0.39, 0.29) is 5.91 Å². The number of carbonyl (C=O) groups excluding carboxylic acids is 1. The van der Waals surface area contributed by atoms with E-state index in [9.17, 15) is 4.79 Å². The highest BCUT2D eigenvalue weighted by molar-refractivity contribution is 7.14. The van der Waals surface area contributed by atoms with Gasteiger partial charge in [0, 0.05) is 24.7 Å². The van der Waals surface area contributed by atoms with Gasteiger partial charge in [-0.1, -0.05) is 17.7 Å². The molecule has 2 aromatic rings. The highest BCUT2D eigenvalue weighted by Gasteiger charge is 2.10. The predicted octanol–water partition coefficient (Wildman–Crippen LogP) is 2.57. The summed E-state index contributed by atoms with van der Waals surface area (Å²) in [5.74, 6) is -0.185. The van der Waals surface area contributed by atoms with Crippen molar-refractivity contribution in [2.75, 3.05) is 25.6 Å². The molecular formula is C14H17N3O2S. The average molecular weight is 291 g/mol. The van der Waals surface area contributed by atoms with Crippen molar-refractivity contribution < 1.29 is 9.53 Å². The highest BCUT2D eigenvalue weighted by Crippen LogP contribution is 2.21. The third-order valence-corrected chi connectivity index (χ3v) is 3.39. The number of thiazole rings is 1. The number of methoxy groups -OCH3 is 1. The number of benzene rings is 1. The Bertz CT molecular complexity index is 566. The highest BCUT2D eigenvalue weighted by atomic mass is 32.1. The fraction of sp³-hybridized carbons (Fsp3) is 0.286. The van der Waals surface area contributed by atoms with Crippen molar-refractivity contribution in [1.29, 1.82) is 0 Å². The Morgan fingerprint density at radius 1 is 1.35 bits per heavy atom. The maximum atomic E-state index is 11.8. The Morgan fingerprint density at radius 3 is 2.80 bits per heavy atom. The molecule has 0 spiro atoms. The zero-order chi connectivity index (χ0) is 14.4. The number of rotatable bonds is 6. The van der Waals surface area contributed by atoms with Crippen molar-refractivity contribution in [3.63, 3.8) is 0 Å². The molecule has 1 aromatic carbocycles. The number of nitrogens with one attached hydrogen (secondary N) is 2. The molecule has 0 aliphatic carbocycles. The molecule has 0 aliphatic rings. The van der Waals surface area contributed by atoms with Crippen LogP contribution >= 0.6 is 11.3 Å². The fourth-order valence-corrected chi connectivity index (χ4v) is 2.26. The number of hydrogen-bond donors (Lipinski definition) is 2. The van der Waals surface area contributed by atoms with Gasteiger partial charge >= 0.3 is 0 Å². The number of aromatic nitrogens is 1. The summed E-state index contributed by atoms with van der Waals surface area (Å²) in [5.41, 5.74) is 2.57. The molecule has 2 N–H and O–H groups in total. The lowest BCUT2D eigenvalue weighted by atomic mass is 10.2. The van der Waals surface area contributed by atoms with Gasteiger partial charge in [-0.05, 0) is 19.1 Å². The largest absolute Gasteiger partial charge is 0.383 e. The molecule has 106 valence electrons. The minimum Gasteiger partial charge on any atom is -0.383 e. The van der Waals surface area contributed by atoms with Crippen molar-refractivity contribution in [2.24, 2.45) is 0 Å². The second-order valence-corrected chi connectivity index (χ2v) is 5.14. The molecule has 0 aliphatic heterocycles. The van der Waals surface area contributed by atoms with Gasteiger partial charge in [0.15, 0.2) is 5.13 Å². The Morgan fingerprint density at radius 2 is 2.10 bits per heavy atom. The number of anilines is 2. The van der Waals surface area contributed by atoms with E-state index in [4.69, 9.17) is 4.74 Å². The molecule has 0 fully saturated rings. The van der Waals surface area contributed by atoms with E-state index in [1.54, 1.807) is 12.5 Å². The van der Waals surface area contributed by atoms with Gasteiger partial charge in [0.1, 0.15) is 5.69 Å². The summed E-state index contributed by atoms with van der Waals surface area (Å²) in [6, 6.07) is 8.01. The summed E-state index contributed by atoms with van der Waals surface area (Å²) in [4.78, 5) is 16.0. The van der Waals surface area contributed by atoms with E-state index < -0.39 is 0 Å². The smallest absolute Gasteiger partial charge is 0.270 e. The van der Waals surface area contributed by atoms with Crippen LogP contribution in [0.4, 0.5) is 10.8 Å². The van der Waals surface area contributed by atoms with Crippen LogP contribution in [0.1, 0.15) is 16.1 Å². The Balaban J connectivity index is 1.94. The summed E-state index contributed by atoms with van der Waals surface area (Å²) in [6.45, 7) is 3.01. The number of hydrogen-bond acceptors (Lipinski definition) is 5. The van der Waals surface area contributed by atoms with Crippen molar-refractivity contribution in [1.82, 2.24) is 10.3 Å². The molecule has 1 amide bonds. The summed E-state index contributed by atoms with van der Waals surface area (Å²) in [7, 11) is 1.60. The lowest BCUT2D eigenvalue weighted by Crippen LogP contribution is -2.27. The number of aryl methyl sites for hydroxylation is 1. The van der Waals surface area contributed by atoms with E-state index in [0.717, 1.165) is 5.69 Å². The van der Waals surface area contributed by atoms with Gasteiger partial charge in [-0.2, -0.15) is 0 Å². The summed E-state index contributed by atoms with van der Waals surface area (Å²) < 4.78 is 4.88. The average Bonchev–Trinajstić information content (AvgIpc) is 2.90. The quantitative estimate of drug-likeness (QED) is 0.803. The summed E-state index contributed by atoms with van der Waals surface area (Å²) in [6.07, 6.45) is 0. The molecule has 20 heavy (non-hydrogen) atoms. The molecule has 1 aromatic heterocycles. The van der Waals surface area contributed by atoms with Crippen LogP contribution in [0.2, 0.25) is 0 Å². The molecular weight excluding hydrogens is 274 g/mol. The fourth-order valence-electron chi connectivity index (χ4n) is 1.55. The lowest BCUT2D eigenvalue weighted by molar-refractivity contribution is 0.0933. The predicted molar refractivity (Wildman–Crippen MR) is 80.8 cm³/mol. The van der Waals surface area contributed by atoms with E-state index in [1.807, 2.05) is 31.2 Å². The summed E-state index contributed by atoms with van der Waals surface area (Å²) in [5, 5.41) is 8.35. The Hall–Kier alpha value is -1.92. The molecule has 0 radical (unpaired) electrons. The number of ether oxygens (including phenoxy) is 1. The van der Waals surface area contributed by atoms with E-state index in [1.165, 1.54) is 16.9 Å². The molecule has 1 heterocycles. The van der Waals surface area contributed by atoms with Gasteiger partial charge in [-0.3, -0.25) is 4.79 Å². The lowest BCUT2D eigenvalue weighted by Gasteiger charge is -2.03. The first-order valence-electron chi connectivity index (χ1n) is 6.25. The molecule has 0 saturated heterocycles. The van der Waals surface area contributed by atoms with E-state index in [2.05, 4.69) is 15.6 Å². The molecule has 6 heteroatoms. The second-order valence-electron chi connectivity index (χ2n) is 4.28. The van der Waals surface area contributed by atoms with Gasteiger partial charge in [0.05, 0.1) is 6.61 Å². The van der Waals surface area contributed by atoms with Crippen molar-refractivity contribution in [2.45, 2.75) is 6.92 Å². The van der Waals surface area contributed by atoms with Crippen molar-refractivity contribution in [3.8, 4) is 0 Å². The first-order valence-corrected chi connectivity index (χ1v) is 7.13. The van der Waals surface area contributed by atoms with Crippen LogP contribution in [0.5, 0.6) is 0 Å². The zero-order valence-electron chi connectivity index (χ0n) is 11.5. The third-order valence-electron chi connectivity index (χ3n) is 2.63. The molecule has 2 rings (SSSR count). The minimum atomic E-state index is -0.185. The third kappa shape index (κ3) is 4.04. The standard InChI is InChI=1S/C14H17N3O2S/c1-10-3-5-11(6-4-10)16-14-17-12(9-20-14)13(18)15-7-8-19-2/h3-6,9H,7-8H2,1-2H3,(H,15,18)(H,16,17). The molecule has 0 saturated carbocycles. The number of amides is 1. The number of carbonyl (C=O) groups is 1. The van der Waals surface area contributed by atoms with Gasteiger partial charge in [0.2, 0.25) is 0 Å². The molecule has 0 atom stereocenters.